The maximum Gasteiger partial charge on any atom is 0.225 e. The minimum atomic E-state index is 0.190. The number of anilines is 1. The van der Waals surface area contributed by atoms with E-state index in [1.807, 2.05) is 17.5 Å². The highest BCUT2D eigenvalue weighted by Gasteiger charge is 2.33. The van der Waals surface area contributed by atoms with E-state index in [0.717, 1.165) is 64.1 Å². The number of aromatic nitrogens is 1. The highest BCUT2D eigenvalue weighted by Crippen LogP contribution is 2.34. The zero-order chi connectivity index (χ0) is 21.2. The quantitative estimate of drug-likeness (QED) is 0.699. The molecule has 31 heavy (non-hydrogen) atoms. The van der Waals surface area contributed by atoms with E-state index in [4.69, 9.17) is 4.98 Å². The Morgan fingerprint density at radius 1 is 1.03 bits per heavy atom. The first-order valence-electron chi connectivity index (χ1n) is 12.4. The van der Waals surface area contributed by atoms with Crippen molar-refractivity contribution < 1.29 is 4.79 Å². The first-order chi connectivity index (χ1) is 15.2. The van der Waals surface area contributed by atoms with E-state index in [1.165, 1.54) is 47.3 Å². The molecule has 0 atom stereocenters. The van der Waals surface area contributed by atoms with Crippen LogP contribution in [0.1, 0.15) is 56.7 Å². The fourth-order valence-corrected chi connectivity index (χ4v) is 6.75. The summed E-state index contributed by atoms with van der Waals surface area (Å²) in [4.78, 5) is 26.6. The highest BCUT2D eigenvalue weighted by molar-refractivity contribution is 7.19. The molecule has 3 saturated heterocycles. The average molecular weight is 441 g/mol. The van der Waals surface area contributed by atoms with E-state index < -0.39 is 0 Å². The van der Waals surface area contributed by atoms with Crippen molar-refractivity contribution in [2.45, 2.75) is 64.3 Å². The summed E-state index contributed by atoms with van der Waals surface area (Å²) in [7, 11) is 0. The SMILES string of the molecule is CCc1cc2c(N3CCC(C(=O)N4CCC(N5CCCCC5)CC4)CC3)nccc2s1. The summed E-state index contributed by atoms with van der Waals surface area (Å²) in [5, 5.41) is 1.29. The maximum atomic E-state index is 13.2. The minimum absolute atomic E-state index is 0.190. The largest absolute Gasteiger partial charge is 0.356 e. The third-order valence-corrected chi connectivity index (χ3v) is 8.90. The molecule has 5 nitrogen and oxygen atoms in total. The molecule has 5 rings (SSSR count). The molecule has 0 bridgehead atoms. The predicted molar refractivity (Wildman–Crippen MR) is 129 cm³/mol. The number of amides is 1. The molecule has 0 aliphatic carbocycles. The van der Waals surface area contributed by atoms with Crippen molar-refractivity contribution in [1.82, 2.24) is 14.8 Å². The third kappa shape index (κ3) is 4.47. The number of fused-ring (bicyclic) bond motifs is 1. The minimum Gasteiger partial charge on any atom is -0.356 e. The van der Waals surface area contributed by atoms with Crippen molar-refractivity contribution >= 4 is 33.1 Å². The maximum absolute atomic E-state index is 13.2. The van der Waals surface area contributed by atoms with Crippen LogP contribution >= 0.6 is 11.3 Å². The van der Waals surface area contributed by atoms with Gasteiger partial charge in [0.2, 0.25) is 5.91 Å². The van der Waals surface area contributed by atoms with Crippen LogP contribution in [-0.4, -0.2) is 66.0 Å². The highest BCUT2D eigenvalue weighted by atomic mass is 32.1. The molecule has 2 aromatic heterocycles. The number of thiophene rings is 1. The molecular weight excluding hydrogens is 404 g/mol. The smallest absolute Gasteiger partial charge is 0.225 e. The van der Waals surface area contributed by atoms with Gasteiger partial charge in [-0.25, -0.2) is 4.98 Å². The van der Waals surface area contributed by atoms with Crippen molar-refractivity contribution in [3.8, 4) is 0 Å². The van der Waals surface area contributed by atoms with E-state index in [1.54, 1.807) is 0 Å². The number of rotatable bonds is 4. The van der Waals surface area contributed by atoms with Gasteiger partial charge in [0, 0.05) is 59.3 Å². The van der Waals surface area contributed by atoms with Gasteiger partial charge in [0.25, 0.3) is 0 Å². The Morgan fingerprint density at radius 2 is 1.77 bits per heavy atom. The lowest BCUT2D eigenvalue weighted by molar-refractivity contribution is -0.137. The molecule has 2 aromatic rings. The molecule has 0 spiro atoms. The zero-order valence-electron chi connectivity index (χ0n) is 18.9. The van der Waals surface area contributed by atoms with E-state index >= 15 is 0 Å². The monoisotopic (exact) mass is 440 g/mol. The lowest BCUT2D eigenvalue weighted by Gasteiger charge is -2.42. The van der Waals surface area contributed by atoms with Gasteiger partial charge < -0.3 is 14.7 Å². The fourth-order valence-electron chi connectivity index (χ4n) is 5.76. The van der Waals surface area contributed by atoms with Crippen molar-refractivity contribution in [3.05, 3.63) is 23.2 Å². The number of piperidine rings is 3. The Hall–Kier alpha value is -1.66. The van der Waals surface area contributed by atoms with Crippen LogP contribution in [0, 0.1) is 5.92 Å². The number of pyridine rings is 1. The van der Waals surface area contributed by atoms with Gasteiger partial charge in [-0.3, -0.25) is 4.79 Å². The molecule has 1 amide bonds. The van der Waals surface area contributed by atoms with Crippen LogP contribution in [0.3, 0.4) is 0 Å². The number of likely N-dealkylation sites (tertiary alicyclic amines) is 2. The summed E-state index contributed by atoms with van der Waals surface area (Å²) < 4.78 is 1.33. The Bertz CT molecular complexity index is 890. The van der Waals surface area contributed by atoms with Gasteiger partial charge in [-0.2, -0.15) is 0 Å². The molecule has 6 heteroatoms. The van der Waals surface area contributed by atoms with Crippen LogP contribution in [0.15, 0.2) is 18.3 Å². The first kappa shape index (κ1) is 21.2. The van der Waals surface area contributed by atoms with Gasteiger partial charge in [-0.1, -0.05) is 13.3 Å². The standard InChI is InChI=1S/C25H36N4OS/c1-2-21-18-22-23(31-21)6-11-26-24(22)28-14-7-19(8-15-28)25(30)29-16-9-20(10-17-29)27-12-4-3-5-13-27/h6,11,18-20H,2-5,7-10,12-17H2,1H3. The molecule has 0 aromatic carbocycles. The second-order valence-electron chi connectivity index (χ2n) is 9.53. The predicted octanol–water partition coefficient (Wildman–Crippen LogP) is 4.55. The number of carbonyl (C=O) groups excluding carboxylic acids is 1. The summed E-state index contributed by atoms with van der Waals surface area (Å²) >= 11 is 1.88. The normalized spacial score (nSPS) is 22.4. The summed E-state index contributed by atoms with van der Waals surface area (Å²) in [5.74, 6) is 1.71. The number of carbonyl (C=O) groups is 1. The van der Waals surface area contributed by atoms with Gasteiger partial charge >= 0.3 is 0 Å². The Kier molecular flexibility index (Phi) is 6.46. The molecule has 3 aliphatic rings. The second kappa shape index (κ2) is 9.45. The van der Waals surface area contributed by atoms with E-state index in [9.17, 15) is 4.79 Å². The van der Waals surface area contributed by atoms with Crippen LogP contribution < -0.4 is 4.90 Å². The molecule has 0 radical (unpaired) electrons. The molecule has 3 fully saturated rings. The second-order valence-corrected chi connectivity index (χ2v) is 10.7. The molecule has 0 N–H and O–H groups in total. The van der Waals surface area contributed by atoms with Crippen LogP contribution in [0.5, 0.6) is 0 Å². The molecule has 0 saturated carbocycles. The average Bonchev–Trinajstić information content (AvgIpc) is 3.28. The Balaban J connectivity index is 1.16. The van der Waals surface area contributed by atoms with Gasteiger partial charge in [0.05, 0.1) is 0 Å². The Labute approximate surface area is 190 Å². The molecule has 3 aliphatic heterocycles. The summed E-state index contributed by atoms with van der Waals surface area (Å²) in [6.07, 6.45) is 11.3. The first-order valence-corrected chi connectivity index (χ1v) is 13.2. The van der Waals surface area contributed by atoms with E-state index in [-0.39, 0.29) is 5.92 Å². The zero-order valence-corrected chi connectivity index (χ0v) is 19.7. The Morgan fingerprint density at radius 3 is 2.48 bits per heavy atom. The molecule has 5 heterocycles. The van der Waals surface area contributed by atoms with E-state index in [0.29, 0.717) is 11.9 Å². The van der Waals surface area contributed by atoms with Gasteiger partial charge in [-0.15, -0.1) is 11.3 Å². The summed E-state index contributed by atoms with van der Waals surface area (Å²) in [6.45, 7) is 8.52. The third-order valence-electron chi connectivity index (χ3n) is 7.65. The summed E-state index contributed by atoms with van der Waals surface area (Å²) in [6, 6.07) is 5.15. The van der Waals surface area contributed by atoms with E-state index in [2.05, 4.69) is 33.8 Å². The van der Waals surface area contributed by atoms with Gasteiger partial charge in [0.1, 0.15) is 5.82 Å². The van der Waals surface area contributed by atoms with Crippen LogP contribution in [0.2, 0.25) is 0 Å². The van der Waals surface area contributed by atoms with Crippen LogP contribution in [0.4, 0.5) is 5.82 Å². The summed E-state index contributed by atoms with van der Waals surface area (Å²) in [5.41, 5.74) is 0. The van der Waals surface area contributed by atoms with Gasteiger partial charge in [-0.05, 0) is 70.2 Å². The molecule has 168 valence electrons. The fraction of sp³-hybridized carbons (Fsp3) is 0.680. The molecular formula is C25H36N4OS. The topological polar surface area (TPSA) is 39.7 Å². The van der Waals surface area contributed by atoms with Crippen molar-refractivity contribution in [1.29, 1.82) is 0 Å². The molecule has 0 unspecified atom stereocenters. The number of hydrogen-bond acceptors (Lipinski definition) is 5. The van der Waals surface area contributed by atoms with Gasteiger partial charge in [0.15, 0.2) is 0 Å². The van der Waals surface area contributed by atoms with Crippen LogP contribution in [0.25, 0.3) is 10.1 Å². The van der Waals surface area contributed by atoms with Crippen molar-refractivity contribution in [2.24, 2.45) is 5.92 Å². The van der Waals surface area contributed by atoms with Crippen molar-refractivity contribution in [2.75, 3.05) is 44.2 Å². The lowest BCUT2D eigenvalue weighted by atomic mass is 9.93. The number of aryl methyl sites for hydroxylation is 1. The van der Waals surface area contributed by atoms with Crippen molar-refractivity contribution in [3.63, 3.8) is 0 Å². The lowest BCUT2D eigenvalue weighted by Crippen LogP contribution is -2.50. The number of hydrogen-bond donors (Lipinski definition) is 0. The number of nitrogens with zero attached hydrogens (tertiary/aromatic N) is 4. The van der Waals surface area contributed by atoms with Crippen LogP contribution in [-0.2, 0) is 11.2 Å².